The standard InChI is InChI=1S/C15H18ClN7O2/c1-3-10(12(17)24)20-15-21-14(11(13(18)25)22-23-15)19-8-5-4-7(2)9(16)6-8/h4-6,10H,3H2,1-2H3,(H2,17,24)(H2,18,25)(H2,19,20,21,23)/t10-/m1/s1. The number of carbonyl (C=O) groups excluding carboxylic acids is 2. The van der Waals surface area contributed by atoms with E-state index in [-0.39, 0.29) is 17.5 Å². The zero-order valence-corrected chi connectivity index (χ0v) is 14.5. The smallest absolute Gasteiger partial charge is 0.273 e. The molecule has 1 aromatic heterocycles. The topological polar surface area (TPSA) is 149 Å². The van der Waals surface area contributed by atoms with Crippen molar-refractivity contribution >= 4 is 40.9 Å². The molecule has 6 N–H and O–H groups in total. The molecule has 2 amide bonds. The summed E-state index contributed by atoms with van der Waals surface area (Å²) in [6.45, 7) is 3.64. The summed E-state index contributed by atoms with van der Waals surface area (Å²) in [4.78, 5) is 27.0. The van der Waals surface area contributed by atoms with Gasteiger partial charge in [0.25, 0.3) is 5.91 Å². The number of carbonyl (C=O) groups is 2. The van der Waals surface area contributed by atoms with Crippen molar-refractivity contribution in [1.82, 2.24) is 15.2 Å². The number of amides is 2. The minimum atomic E-state index is -0.797. The monoisotopic (exact) mass is 363 g/mol. The van der Waals surface area contributed by atoms with Gasteiger partial charge in [0.2, 0.25) is 11.9 Å². The molecule has 1 heterocycles. The average molecular weight is 364 g/mol. The predicted molar refractivity (Wildman–Crippen MR) is 94.7 cm³/mol. The summed E-state index contributed by atoms with van der Waals surface area (Å²) < 4.78 is 0. The van der Waals surface area contributed by atoms with Crippen LogP contribution in [-0.2, 0) is 4.79 Å². The molecule has 0 aliphatic rings. The summed E-state index contributed by atoms with van der Waals surface area (Å²) in [7, 11) is 0. The fourth-order valence-electron chi connectivity index (χ4n) is 1.98. The largest absolute Gasteiger partial charge is 0.368 e. The molecule has 1 atom stereocenters. The summed E-state index contributed by atoms with van der Waals surface area (Å²) in [5.41, 5.74) is 11.9. The number of aromatic nitrogens is 3. The van der Waals surface area contributed by atoms with Gasteiger partial charge in [-0.15, -0.1) is 10.2 Å². The zero-order valence-electron chi connectivity index (χ0n) is 13.7. The Morgan fingerprint density at radius 3 is 2.56 bits per heavy atom. The number of rotatable bonds is 7. The van der Waals surface area contributed by atoms with Crippen LogP contribution in [0, 0.1) is 6.92 Å². The van der Waals surface area contributed by atoms with Crippen molar-refractivity contribution < 1.29 is 9.59 Å². The molecule has 0 saturated heterocycles. The van der Waals surface area contributed by atoms with Crippen LogP contribution in [0.15, 0.2) is 18.2 Å². The molecule has 10 heteroatoms. The molecule has 25 heavy (non-hydrogen) atoms. The van der Waals surface area contributed by atoms with Gasteiger partial charge in [0, 0.05) is 10.7 Å². The lowest BCUT2D eigenvalue weighted by Crippen LogP contribution is -2.35. The molecule has 1 aromatic carbocycles. The number of nitrogens with two attached hydrogens (primary N) is 2. The van der Waals surface area contributed by atoms with Crippen LogP contribution >= 0.6 is 11.6 Å². The van der Waals surface area contributed by atoms with Gasteiger partial charge in [-0.1, -0.05) is 24.6 Å². The van der Waals surface area contributed by atoms with Gasteiger partial charge in [0.05, 0.1) is 0 Å². The van der Waals surface area contributed by atoms with E-state index in [4.69, 9.17) is 23.1 Å². The third-order valence-electron chi connectivity index (χ3n) is 3.41. The Kier molecular flexibility index (Phi) is 5.71. The van der Waals surface area contributed by atoms with E-state index in [1.54, 1.807) is 19.1 Å². The third-order valence-corrected chi connectivity index (χ3v) is 3.82. The Bertz CT molecular complexity index is 812. The van der Waals surface area contributed by atoms with E-state index in [2.05, 4.69) is 25.8 Å². The van der Waals surface area contributed by atoms with Crippen LogP contribution in [0.5, 0.6) is 0 Å². The predicted octanol–water partition coefficient (Wildman–Crippen LogP) is 1.35. The van der Waals surface area contributed by atoms with Crippen molar-refractivity contribution in [2.24, 2.45) is 11.5 Å². The second-order valence-electron chi connectivity index (χ2n) is 5.29. The molecule has 0 bridgehead atoms. The normalized spacial score (nSPS) is 11.6. The van der Waals surface area contributed by atoms with Crippen LogP contribution in [0.4, 0.5) is 17.5 Å². The molecule has 0 saturated carbocycles. The van der Waals surface area contributed by atoms with Gasteiger partial charge in [-0.05, 0) is 31.0 Å². The summed E-state index contributed by atoms with van der Waals surface area (Å²) in [6, 6.07) is 4.58. The molecule has 2 aromatic rings. The maximum atomic E-state index is 11.6. The number of hydrogen-bond acceptors (Lipinski definition) is 7. The van der Waals surface area contributed by atoms with E-state index >= 15 is 0 Å². The zero-order chi connectivity index (χ0) is 18.6. The van der Waals surface area contributed by atoms with Gasteiger partial charge < -0.3 is 22.1 Å². The quantitative estimate of drug-likeness (QED) is 0.580. The van der Waals surface area contributed by atoms with Gasteiger partial charge in [0.1, 0.15) is 6.04 Å². The van der Waals surface area contributed by atoms with E-state index in [9.17, 15) is 9.59 Å². The minimum absolute atomic E-state index is 0.0383. The third kappa shape index (κ3) is 4.54. The Morgan fingerprint density at radius 2 is 2.00 bits per heavy atom. The van der Waals surface area contributed by atoms with Crippen LogP contribution < -0.4 is 22.1 Å². The molecule has 0 aliphatic carbocycles. The summed E-state index contributed by atoms with van der Waals surface area (Å²) in [6.07, 6.45) is 0.437. The molecule has 0 fully saturated rings. The van der Waals surface area contributed by atoms with Crippen molar-refractivity contribution in [2.75, 3.05) is 10.6 Å². The number of hydrogen-bond donors (Lipinski definition) is 4. The highest BCUT2D eigenvalue weighted by Gasteiger charge is 2.18. The highest BCUT2D eigenvalue weighted by atomic mass is 35.5. The molecule has 0 spiro atoms. The second-order valence-corrected chi connectivity index (χ2v) is 5.70. The van der Waals surface area contributed by atoms with Crippen molar-refractivity contribution in [1.29, 1.82) is 0 Å². The van der Waals surface area contributed by atoms with E-state index in [0.29, 0.717) is 17.1 Å². The molecule has 0 aliphatic heterocycles. The molecule has 9 nitrogen and oxygen atoms in total. The van der Waals surface area contributed by atoms with E-state index in [0.717, 1.165) is 5.56 Å². The lowest BCUT2D eigenvalue weighted by molar-refractivity contribution is -0.118. The maximum absolute atomic E-state index is 11.6. The highest BCUT2D eigenvalue weighted by molar-refractivity contribution is 6.31. The molecule has 0 unspecified atom stereocenters. The van der Waals surface area contributed by atoms with Crippen LogP contribution in [0.3, 0.4) is 0 Å². The Hall–Kier alpha value is -2.94. The first-order chi connectivity index (χ1) is 11.8. The highest BCUT2D eigenvalue weighted by Crippen LogP contribution is 2.24. The Labute approximate surface area is 149 Å². The van der Waals surface area contributed by atoms with E-state index in [1.807, 2.05) is 13.0 Å². The summed E-state index contributed by atoms with van der Waals surface area (Å²) in [5, 5.41) is 13.8. The number of primary amides is 2. The van der Waals surface area contributed by atoms with Crippen LogP contribution in [-0.4, -0.2) is 33.0 Å². The van der Waals surface area contributed by atoms with Crippen LogP contribution in [0.25, 0.3) is 0 Å². The summed E-state index contributed by atoms with van der Waals surface area (Å²) in [5.74, 6) is -1.22. The Morgan fingerprint density at radius 1 is 1.28 bits per heavy atom. The fourth-order valence-corrected chi connectivity index (χ4v) is 2.16. The molecule has 0 radical (unpaired) electrons. The average Bonchev–Trinajstić information content (AvgIpc) is 2.55. The lowest BCUT2D eigenvalue weighted by atomic mass is 10.2. The van der Waals surface area contributed by atoms with Gasteiger partial charge in [-0.3, -0.25) is 9.59 Å². The van der Waals surface area contributed by atoms with Crippen molar-refractivity contribution in [3.8, 4) is 0 Å². The number of nitrogens with one attached hydrogen (secondary N) is 2. The number of anilines is 3. The maximum Gasteiger partial charge on any atom is 0.273 e. The summed E-state index contributed by atoms with van der Waals surface area (Å²) >= 11 is 6.09. The van der Waals surface area contributed by atoms with Crippen molar-refractivity contribution in [2.45, 2.75) is 26.3 Å². The number of nitrogens with zero attached hydrogens (tertiary/aromatic N) is 3. The molecular weight excluding hydrogens is 346 g/mol. The first kappa shape index (κ1) is 18.4. The van der Waals surface area contributed by atoms with Gasteiger partial charge >= 0.3 is 0 Å². The molecule has 132 valence electrons. The number of aryl methyl sites for hydroxylation is 1. The van der Waals surface area contributed by atoms with Crippen LogP contribution in [0.2, 0.25) is 5.02 Å². The molecule has 2 rings (SSSR count). The lowest BCUT2D eigenvalue weighted by Gasteiger charge is -2.14. The Balaban J connectivity index is 2.36. The first-order valence-electron chi connectivity index (χ1n) is 7.45. The number of halogens is 1. The first-order valence-corrected chi connectivity index (χ1v) is 7.83. The molecular formula is C15H18ClN7O2. The number of benzene rings is 1. The van der Waals surface area contributed by atoms with Crippen LogP contribution in [0.1, 0.15) is 29.4 Å². The van der Waals surface area contributed by atoms with E-state index < -0.39 is 17.9 Å². The van der Waals surface area contributed by atoms with Gasteiger partial charge in [-0.25, -0.2) is 0 Å². The van der Waals surface area contributed by atoms with E-state index in [1.165, 1.54) is 0 Å². The van der Waals surface area contributed by atoms with Gasteiger partial charge in [0.15, 0.2) is 11.5 Å². The fraction of sp³-hybridized carbons (Fsp3) is 0.267. The van der Waals surface area contributed by atoms with Crippen molar-refractivity contribution in [3.63, 3.8) is 0 Å². The van der Waals surface area contributed by atoms with Crippen molar-refractivity contribution in [3.05, 3.63) is 34.5 Å². The second kappa shape index (κ2) is 7.75. The van der Waals surface area contributed by atoms with Gasteiger partial charge in [-0.2, -0.15) is 4.98 Å². The minimum Gasteiger partial charge on any atom is -0.368 e. The SMILES string of the molecule is CC[C@@H](Nc1nnc(C(N)=O)c(Nc2ccc(C)c(Cl)c2)n1)C(N)=O.